The molecule has 0 fully saturated rings. The van der Waals surface area contributed by atoms with E-state index in [0.717, 1.165) is 16.8 Å². The molecule has 106 valence electrons. The maximum Gasteiger partial charge on any atom is 0.343 e. The van der Waals surface area contributed by atoms with Gasteiger partial charge in [0.05, 0.1) is 12.8 Å². The maximum absolute atomic E-state index is 11.7. The van der Waals surface area contributed by atoms with Gasteiger partial charge in [0.15, 0.2) is 5.65 Å². The van der Waals surface area contributed by atoms with Crippen LogP contribution in [0.15, 0.2) is 36.5 Å². The van der Waals surface area contributed by atoms with Gasteiger partial charge in [-0.25, -0.2) is 9.78 Å². The zero-order valence-electron chi connectivity index (χ0n) is 11.7. The number of hydrogen-bond donors (Lipinski definition) is 1. The number of nitrogens with zero attached hydrogens (tertiary/aromatic N) is 3. The SMILES string of the molecule is COC(=O)c1cnc2c(-c3ccccc3)c(C)nn2c1N. The largest absolute Gasteiger partial charge is 0.465 e. The zero-order valence-corrected chi connectivity index (χ0v) is 11.7. The summed E-state index contributed by atoms with van der Waals surface area (Å²) in [5.74, 6) is -0.312. The summed E-state index contributed by atoms with van der Waals surface area (Å²) in [7, 11) is 1.30. The van der Waals surface area contributed by atoms with Crippen LogP contribution < -0.4 is 5.73 Å². The van der Waals surface area contributed by atoms with Gasteiger partial charge in [0, 0.05) is 11.8 Å². The maximum atomic E-state index is 11.7. The highest BCUT2D eigenvalue weighted by Gasteiger charge is 2.19. The molecule has 6 heteroatoms. The number of ether oxygens (including phenoxy) is 1. The number of benzene rings is 1. The van der Waals surface area contributed by atoms with Gasteiger partial charge >= 0.3 is 5.97 Å². The van der Waals surface area contributed by atoms with Crippen molar-refractivity contribution in [2.24, 2.45) is 0 Å². The highest BCUT2D eigenvalue weighted by Crippen LogP contribution is 2.28. The molecule has 0 spiro atoms. The average Bonchev–Trinajstić information content (AvgIpc) is 2.85. The van der Waals surface area contributed by atoms with Crippen molar-refractivity contribution in [2.75, 3.05) is 12.8 Å². The Morgan fingerprint density at radius 3 is 2.67 bits per heavy atom. The number of nitrogens with two attached hydrogens (primary N) is 1. The van der Waals surface area contributed by atoms with Crippen molar-refractivity contribution in [2.45, 2.75) is 6.92 Å². The molecule has 3 aromatic rings. The highest BCUT2D eigenvalue weighted by atomic mass is 16.5. The van der Waals surface area contributed by atoms with Crippen LogP contribution in [0.4, 0.5) is 5.82 Å². The molecular formula is C15H14N4O2. The lowest BCUT2D eigenvalue weighted by atomic mass is 10.1. The number of fused-ring (bicyclic) bond motifs is 1. The van der Waals surface area contributed by atoms with E-state index in [0.29, 0.717) is 5.65 Å². The molecule has 0 saturated heterocycles. The Kier molecular flexibility index (Phi) is 3.06. The quantitative estimate of drug-likeness (QED) is 0.727. The van der Waals surface area contributed by atoms with Crippen molar-refractivity contribution in [3.05, 3.63) is 47.8 Å². The fraction of sp³-hybridized carbons (Fsp3) is 0.133. The molecule has 6 nitrogen and oxygen atoms in total. The molecule has 0 bridgehead atoms. The Bertz CT molecular complexity index is 825. The lowest BCUT2D eigenvalue weighted by Gasteiger charge is -2.05. The predicted molar refractivity (Wildman–Crippen MR) is 78.9 cm³/mol. The van der Waals surface area contributed by atoms with Crippen LogP contribution in [0.1, 0.15) is 16.1 Å². The first-order valence-electron chi connectivity index (χ1n) is 6.41. The topological polar surface area (TPSA) is 82.5 Å². The smallest absolute Gasteiger partial charge is 0.343 e. The van der Waals surface area contributed by atoms with E-state index in [1.165, 1.54) is 17.8 Å². The lowest BCUT2D eigenvalue weighted by Crippen LogP contribution is -2.11. The summed E-state index contributed by atoms with van der Waals surface area (Å²) < 4.78 is 6.16. The van der Waals surface area contributed by atoms with Crippen LogP contribution in [0.2, 0.25) is 0 Å². The van der Waals surface area contributed by atoms with Gasteiger partial charge in [-0.2, -0.15) is 9.61 Å². The molecule has 0 radical (unpaired) electrons. The Morgan fingerprint density at radius 2 is 2.00 bits per heavy atom. The number of carbonyl (C=O) groups is 1. The molecule has 0 atom stereocenters. The van der Waals surface area contributed by atoms with Gasteiger partial charge in [0.1, 0.15) is 11.4 Å². The van der Waals surface area contributed by atoms with Gasteiger partial charge < -0.3 is 10.5 Å². The third-order valence-electron chi connectivity index (χ3n) is 3.32. The first-order valence-corrected chi connectivity index (χ1v) is 6.41. The van der Waals surface area contributed by atoms with Crippen molar-refractivity contribution in [1.29, 1.82) is 0 Å². The third kappa shape index (κ3) is 2.01. The minimum absolute atomic E-state index is 0.201. The molecule has 3 rings (SSSR count). The average molecular weight is 282 g/mol. The summed E-state index contributed by atoms with van der Waals surface area (Å²) in [4.78, 5) is 16.0. The molecule has 0 unspecified atom stereocenters. The number of rotatable bonds is 2. The molecule has 1 aromatic carbocycles. The molecule has 0 saturated carbocycles. The van der Waals surface area contributed by atoms with Gasteiger partial charge in [-0.15, -0.1) is 0 Å². The van der Waals surface area contributed by atoms with E-state index in [-0.39, 0.29) is 11.4 Å². The zero-order chi connectivity index (χ0) is 15.0. The van der Waals surface area contributed by atoms with Crippen molar-refractivity contribution in [3.63, 3.8) is 0 Å². The number of methoxy groups -OCH3 is 1. The molecular weight excluding hydrogens is 268 g/mol. The summed E-state index contributed by atoms with van der Waals surface area (Å²) in [6, 6.07) is 9.81. The van der Waals surface area contributed by atoms with E-state index < -0.39 is 5.97 Å². The lowest BCUT2D eigenvalue weighted by molar-refractivity contribution is 0.0601. The van der Waals surface area contributed by atoms with E-state index in [9.17, 15) is 4.79 Å². The number of anilines is 1. The summed E-state index contributed by atoms with van der Waals surface area (Å²) in [5.41, 5.74) is 9.53. The first-order chi connectivity index (χ1) is 10.1. The minimum atomic E-state index is -0.531. The van der Waals surface area contributed by atoms with E-state index in [1.807, 2.05) is 37.3 Å². The number of carbonyl (C=O) groups excluding carboxylic acids is 1. The Hall–Kier alpha value is -2.89. The van der Waals surface area contributed by atoms with Crippen molar-refractivity contribution < 1.29 is 9.53 Å². The van der Waals surface area contributed by atoms with Crippen LogP contribution >= 0.6 is 0 Å². The van der Waals surface area contributed by atoms with Gasteiger partial charge in [-0.05, 0) is 12.5 Å². The molecule has 0 aliphatic rings. The van der Waals surface area contributed by atoms with Crippen LogP contribution in [0.25, 0.3) is 16.8 Å². The van der Waals surface area contributed by atoms with Crippen molar-refractivity contribution in [1.82, 2.24) is 14.6 Å². The van der Waals surface area contributed by atoms with Gasteiger partial charge in [0.2, 0.25) is 0 Å². The molecule has 2 N–H and O–H groups in total. The van der Waals surface area contributed by atoms with Crippen LogP contribution in [-0.4, -0.2) is 27.7 Å². The molecule has 2 heterocycles. The summed E-state index contributed by atoms with van der Waals surface area (Å²) in [6.07, 6.45) is 1.42. The first kappa shape index (κ1) is 13.1. The van der Waals surface area contributed by atoms with Crippen LogP contribution in [0.5, 0.6) is 0 Å². The van der Waals surface area contributed by atoms with Crippen molar-refractivity contribution in [3.8, 4) is 11.1 Å². The van der Waals surface area contributed by atoms with E-state index >= 15 is 0 Å². The van der Waals surface area contributed by atoms with Gasteiger partial charge in [-0.3, -0.25) is 0 Å². The van der Waals surface area contributed by atoms with E-state index in [4.69, 9.17) is 5.73 Å². The Labute approximate surface area is 121 Å². The highest BCUT2D eigenvalue weighted by molar-refractivity contribution is 5.95. The Balaban J connectivity index is 2.28. The molecule has 0 amide bonds. The number of hydrogen-bond acceptors (Lipinski definition) is 5. The third-order valence-corrected chi connectivity index (χ3v) is 3.32. The number of aryl methyl sites for hydroxylation is 1. The second-order valence-corrected chi connectivity index (χ2v) is 4.61. The normalized spacial score (nSPS) is 10.8. The van der Waals surface area contributed by atoms with Crippen LogP contribution in [-0.2, 0) is 4.74 Å². The second-order valence-electron chi connectivity index (χ2n) is 4.61. The van der Waals surface area contributed by atoms with Crippen LogP contribution in [0, 0.1) is 6.92 Å². The van der Waals surface area contributed by atoms with E-state index in [1.54, 1.807) is 0 Å². The number of nitrogen functional groups attached to an aromatic ring is 1. The fourth-order valence-corrected chi connectivity index (χ4v) is 2.32. The molecule has 0 aliphatic heterocycles. The molecule has 21 heavy (non-hydrogen) atoms. The fourth-order valence-electron chi connectivity index (χ4n) is 2.32. The summed E-state index contributed by atoms with van der Waals surface area (Å²) in [6.45, 7) is 1.88. The summed E-state index contributed by atoms with van der Waals surface area (Å²) in [5, 5.41) is 4.39. The second kappa shape index (κ2) is 4.90. The number of esters is 1. The molecule has 2 aromatic heterocycles. The summed E-state index contributed by atoms with van der Waals surface area (Å²) >= 11 is 0. The predicted octanol–water partition coefficient (Wildman–Crippen LogP) is 2.07. The number of aromatic nitrogens is 3. The minimum Gasteiger partial charge on any atom is -0.465 e. The monoisotopic (exact) mass is 282 g/mol. The van der Waals surface area contributed by atoms with Gasteiger partial charge in [0.25, 0.3) is 0 Å². The standard InChI is InChI=1S/C15H14N4O2/c1-9-12(10-6-4-3-5-7-10)14-17-8-11(15(20)21-2)13(16)19(14)18-9/h3-8H,16H2,1-2H3. The van der Waals surface area contributed by atoms with Crippen molar-refractivity contribution >= 4 is 17.4 Å². The van der Waals surface area contributed by atoms with Crippen LogP contribution in [0.3, 0.4) is 0 Å². The van der Waals surface area contributed by atoms with Gasteiger partial charge in [-0.1, -0.05) is 30.3 Å². The van der Waals surface area contributed by atoms with E-state index in [2.05, 4.69) is 14.8 Å². The molecule has 0 aliphatic carbocycles. The Morgan fingerprint density at radius 1 is 1.29 bits per heavy atom.